The largest absolute Gasteiger partial charge is 0.0683 e. The fourth-order valence-electron chi connectivity index (χ4n) is 0. The number of hydrogen-bond acceptors (Lipinski definition) is 0. The third-order valence-electron chi connectivity index (χ3n) is 1.32. The van der Waals surface area contributed by atoms with Gasteiger partial charge in [-0.15, -0.1) is 0 Å². The summed E-state index contributed by atoms with van der Waals surface area (Å²) in [7, 11) is 0. The van der Waals surface area contributed by atoms with Gasteiger partial charge in [-0.05, 0) is 5.92 Å². The Morgan fingerprint density at radius 2 is 0.478 bits per heavy atom. The van der Waals surface area contributed by atoms with Crippen molar-refractivity contribution in [3.63, 3.8) is 0 Å². The summed E-state index contributed by atoms with van der Waals surface area (Å²) in [5.74, 6) is 0.884. The molecule has 0 aromatic rings. The first-order chi connectivity index (χ1) is 11.2. The van der Waals surface area contributed by atoms with E-state index >= 15 is 0 Å². The minimum absolute atomic E-state index is 0.884. The molecule has 23 heavy (non-hydrogen) atoms. The van der Waals surface area contributed by atoms with Gasteiger partial charge in [0, 0.05) is 0 Å². The van der Waals surface area contributed by atoms with Crippen LogP contribution >= 0.6 is 0 Å². The smallest absolute Gasteiger partial charge is 0.0474 e. The molecule has 0 aromatic heterocycles. The molecule has 0 aliphatic rings. The van der Waals surface area contributed by atoms with Crippen LogP contribution in [0.1, 0.15) is 151 Å². The maximum absolute atomic E-state index is 2.22. The van der Waals surface area contributed by atoms with Crippen LogP contribution in [0.25, 0.3) is 0 Å². The van der Waals surface area contributed by atoms with E-state index in [-0.39, 0.29) is 0 Å². The maximum Gasteiger partial charge on any atom is -0.0474 e. The van der Waals surface area contributed by atoms with Crippen LogP contribution in [0.3, 0.4) is 0 Å². The number of hydrogen-bond donors (Lipinski definition) is 0. The molecule has 0 fully saturated rings. The molecule has 0 aliphatic heterocycles. The molecule has 0 heterocycles. The molecular formula is C23H64. The normalized spacial score (nSPS) is 5.22. The van der Waals surface area contributed by atoms with Gasteiger partial charge in [-0.1, -0.05) is 151 Å². The summed E-state index contributed by atoms with van der Waals surface area (Å²) in [6.45, 7) is 39.0. The average Bonchev–Trinajstić information content (AvgIpc) is 2.72. The van der Waals surface area contributed by atoms with Crippen LogP contribution in [0.2, 0.25) is 0 Å². The van der Waals surface area contributed by atoms with E-state index in [1.807, 2.05) is 96.9 Å². The predicted molar refractivity (Wildman–Crippen MR) is 125 cm³/mol. The van der Waals surface area contributed by atoms with Crippen LogP contribution in [-0.4, -0.2) is 0 Å². The van der Waals surface area contributed by atoms with Gasteiger partial charge in [-0.3, -0.25) is 0 Å². The molecule has 0 aromatic carbocycles. The van der Waals surface area contributed by atoms with Crippen molar-refractivity contribution in [3.8, 4) is 0 Å². The molecule has 0 aliphatic carbocycles. The first-order valence-corrected chi connectivity index (χ1v) is 11.2. The minimum Gasteiger partial charge on any atom is -0.0683 e. The lowest BCUT2D eigenvalue weighted by atomic mass is 10.2. The standard InChI is InChI=1S/C5H12.C4H10.7C2H6/c1-4-5(2)3;1-3-4-2;7*1-2/h5H,4H2,1-3H3;3-4H2,1-2H3;7*1-2H3. The van der Waals surface area contributed by atoms with Gasteiger partial charge in [0.2, 0.25) is 0 Å². The van der Waals surface area contributed by atoms with Crippen molar-refractivity contribution in [2.45, 2.75) is 151 Å². The van der Waals surface area contributed by atoms with E-state index in [0.717, 1.165) is 5.92 Å². The lowest BCUT2D eigenvalue weighted by Gasteiger charge is -1.90. The SMILES string of the molecule is CC.CC.CC.CC.CC.CC.CC.CCC(C)C.CCCC. The molecule has 0 rings (SSSR count). The fourth-order valence-corrected chi connectivity index (χ4v) is 0. The van der Waals surface area contributed by atoms with Gasteiger partial charge in [0.1, 0.15) is 0 Å². The first kappa shape index (κ1) is 56.8. The Balaban J connectivity index is -0.0000000143. The van der Waals surface area contributed by atoms with Crippen molar-refractivity contribution >= 4 is 0 Å². The molecule has 0 heteroatoms. The van der Waals surface area contributed by atoms with Crippen molar-refractivity contribution in [1.82, 2.24) is 0 Å². The van der Waals surface area contributed by atoms with Crippen LogP contribution in [0.5, 0.6) is 0 Å². The van der Waals surface area contributed by atoms with E-state index in [9.17, 15) is 0 Å². The Hall–Kier alpha value is 0. The Kier molecular flexibility index (Phi) is 666. The molecule has 0 nitrogen and oxygen atoms in total. The second-order valence-electron chi connectivity index (χ2n) is 2.80. The first-order valence-electron chi connectivity index (χ1n) is 11.2. The highest BCUT2D eigenvalue weighted by molar-refractivity contribution is 4.32. The lowest BCUT2D eigenvalue weighted by molar-refractivity contribution is 0.626. The van der Waals surface area contributed by atoms with Gasteiger partial charge in [0.25, 0.3) is 0 Å². The van der Waals surface area contributed by atoms with E-state index in [0.29, 0.717) is 0 Å². The summed E-state index contributed by atoms with van der Waals surface area (Å²) in [6, 6.07) is 0. The second kappa shape index (κ2) is 270. The fraction of sp³-hybridized carbons (Fsp3) is 1.00. The van der Waals surface area contributed by atoms with Crippen molar-refractivity contribution in [2.75, 3.05) is 0 Å². The summed E-state index contributed by atoms with van der Waals surface area (Å²) < 4.78 is 0. The Bertz CT molecular complexity index is 27.0. The van der Waals surface area contributed by atoms with E-state index in [2.05, 4.69) is 34.6 Å². The highest BCUT2D eigenvalue weighted by Gasteiger charge is 1.80. The molecule has 0 spiro atoms. The van der Waals surface area contributed by atoms with Crippen LogP contribution in [0, 0.1) is 5.92 Å². The van der Waals surface area contributed by atoms with E-state index in [1.54, 1.807) is 0 Å². The van der Waals surface area contributed by atoms with Crippen molar-refractivity contribution in [2.24, 2.45) is 5.92 Å². The molecule has 0 bridgehead atoms. The van der Waals surface area contributed by atoms with Gasteiger partial charge < -0.3 is 0 Å². The third kappa shape index (κ3) is 978. The monoisotopic (exact) mass is 341 g/mol. The van der Waals surface area contributed by atoms with Gasteiger partial charge in [-0.2, -0.15) is 0 Å². The molecule has 0 atom stereocenters. The Labute approximate surface area is 157 Å². The molecule has 156 valence electrons. The summed E-state index contributed by atoms with van der Waals surface area (Å²) >= 11 is 0. The highest BCUT2D eigenvalue weighted by Crippen LogP contribution is 1.93. The molecule has 0 saturated carbocycles. The van der Waals surface area contributed by atoms with Crippen LogP contribution < -0.4 is 0 Å². The summed E-state index contributed by atoms with van der Waals surface area (Å²) in [5.41, 5.74) is 0. The quantitative estimate of drug-likeness (QED) is 0.468. The second-order valence-corrected chi connectivity index (χ2v) is 2.80. The van der Waals surface area contributed by atoms with Crippen LogP contribution in [0.4, 0.5) is 0 Å². The number of unbranched alkanes of at least 4 members (excludes halogenated alkanes) is 1. The molecular weight excluding hydrogens is 276 g/mol. The molecule has 0 unspecified atom stereocenters. The van der Waals surface area contributed by atoms with Crippen molar-refractivity contribution in [1.29, 1.82) is 0 Å². The topological polar surface area (TPSA) is 0 Å². The average molecular weight is 341 g/mol. The third-order valence-corrected chi connectivity index (χ3v) is 1.32. The Morgan fingerprint density at radius 3 is 0.478 bits per heavy atom. The van der Waals surface area contributed by atoms with Gasteiger partial charge in [0.05, 0.1) is 0 Å². The van der Waals surface area contributed by atoms with Gasteiger partial charge in [-0.25, -0.2) is 0 Å². The molecule has 0 N–H and O–H groups in total. The summed E-state index contributed by atoms with van der Waals surface area (Å²) in [5, 5.41) is 0. The Morgan fingerprint density at radius 1 is 0.391 bits per heavy atom. The lowest BCUT2D eigenvalue weighted by Crippen LogP contribution is -1.77. The van der Waals surface area contributed by atoms with Crippen LogP contribution in [0.15, 0.2) is 0 Å². The van der Waals surface area contributed by atoms with E-state index in [4.69, 9.17) is 0 Å². The molecule has 0 amide bonds. The molecule has 0 radical (unpaired) electrons. The van der Waals surface area contributed by atoms with Gasteiger partial charge in [0.15, 0.2) is 0 Å². The van der Waals surface area contributed by atoms with Crippen molar-refractivity contribution < 1.29 is 0 Å². The van der Waals surface area contributed by atoms with Gasteiger partial charge >= 0.3 is 0 Å². The zero-order valence-corrected chi connectivity index (χ0v) is 21.7. The zero-order valence-electron chi connectivity index (χ0n) is 21.7. The summed E-state index contributed by atoms with van der Waals surface area (Å²) in [6.07, 6.45) is 3.94. The maximum atomic E-state index is 2.22. The summed E-state index contributed by atoms with van der Waals surface area (Å²) in [4.78, 5) is 0. The van der Waals surface area contributed by atoms with E-state index in [1.165, 1.54) is 19.3 Å². The highest BCUT2D eigenvalue weighted by atomic mass is 13.9. The minimum atomic E-state index is 0.884. The predicted octanol–water partition coefficient (Wildman–Crippen LogP) is 11.0. The van der Waals surface area contributed by atoms with Crippen LogP contribution in [-0.2, 0) is 0 Å². The van der Waals surface area contributed by atoms with Crippen molar-refractivity contribution in [3.05, 3.63) is 0 Å². The molecule has 0 saturated heterocycles. The zero-order chi connectivity index (χ0) is 21.7. The van der Waals surface area contributed by atoms with E-state index < -0.39 is 0 Å². The number of rotatable bonds is 2.